The number of methoxy groups -OCH3 is 1. The van der Waals surface area contributed by atoms with Crippen molar-refractivity contribution in [2.45, 2.75) is 18.3 Å². The molecule has 124 valence electrons. The van der Waals surface area contributed by atoms with E-state index < -0.39 is 35.3 Å². The lowest BCUT2D eigenvalue weighted by atomic mass is 9.80. The molecule has 4 nitrogen and oxygen atoms in total. The number of pyridine rings is 1. The lowest BCUT2D eigenvalue weighted by Gasteiger charge is -2.22. The van der Waals surface area contributed by atoms with E-state index in [1.165, 1.54) is 19.4 Å². The van der Waals surface area contributed by atoms with Crippen molar-refractivity contribution in [3.8, 4) is 6.07 Å². The van der Waals surface area contributed by atoms with Gasteiger partial charge in [0.1, 0.15) is 5.82 Å². The van der Waals surface area contributed by atoms with Crippen molar-refractivity contribution in [1.29, 1.82) is 5.26 Å². The summed E-state index contributed by atoms with van der Waals surface area (Å²) >= 11 is 0. The fourth-order valence-corrected chi connectivity index (χ4v) is 2.42. The first-order valence-electron chi connectivity index (χ1n) is 6.98. The molecule has 2 atom stereocenters. The predicted octanol–water partition coefficient (Wildman–Crippen LogP) is 3.45. The number of hydrogen-bond acceptors (Lipinski definition) is 4. The lowest BCUT2D eigenvalue weighted by molar-refractivity contribution is -0.141. The van der Waals surface area contributed by atoms with Gasteiger partial charge < -0.3 is 4.74 Å². The fraction of sp³-hybridized carbons (Fsp3) is 0.235. The van der Waals surface area contributed by atoms with Gasteiger partial charge in [-0.05, 0) is 29.3 Å². The summed E-state index contributed by atoms with van der Waals surface area (Å²) in [6.45, 7) is 0. The molecule has 0 amide bonds. The topological polar surface area (TPSA) is 63.0 Å². The van der Waals surface area contributed by atoms with Crippen LogP contribution in [-0.4, -0.2) is 18.1 Å². The third-order valence-electron chi connectivity index (χ3n) is 3.61. The van der Waals surface area contributed by atoms with Gasteiger partial charge in [0.25, 0.3) is 0 Å². The van der Waals surface area contributed by atoms with Crippen LogP contribution in [0.3, 0.4) is 0 Å². The molecule has 0 aliphatic carbocycles. The van der Waals surface area contributed by atoms with Crippen LogP contribution in [0.5, 0.6) is 0 Å². The zero-order chi connectivity index (χ0) is 17.7. The fourth-order valence-electron chi connectivity index (χ4n) is 2.42. The lowest BCUT2D eigenvalue weighted by Crippen LogP contribution is -2.16. The maximum atomic E-state index is 13.5. The van der Waals surface area contributed by atoms with Gasteiger partial charge in [-0.15, -0.1) is 0 Å². The zero-order valence-corrected chi connectivity index (χ0v) is 12.7. The first-order valence-corrected chi connectivity index (χ1v) is 6.98. The summed E-state index contributed by atoms with van der Waals surface area (Å²) in [5, 5.41) is 9.49. The summed E-state index contributed by atoms with van der Waals surface area (Å²) < 4.78 is 44.7. The van der Waals surface area contributed by atoms with Crippen molar-refractivity contribution in [3.63, 3.8) is 0 Å². The third kappa shape index (κ3) is 3.90. The minimum atomic E-state index is -1.11. The maximum Gasteiger partial charge on any atom is 0.306 e. The van der Waals surface area contributed by atoms with Crippen LogP contribution in [0.4, 0.5) is 13.2 Å². The van der Waals surface area contributed by atoms with Crippen LogP contribution in [0, 0.1) is 28.8 Å². The second-order valence-corrected chi connectivity index (χ2v) is 5.10. The Morgan fingerprint density at radius 3 is 2.54 bits per heavy atom. The number of esters is 1. The number of hydrogen-bond donors (Lipinski definition) is 0. The van der Waals surface area contributed by atoms with E-state index in [4.69, 9.17) is 0 Å². The van der Waals surface area contributed by atoms with Gasteiger partial charge in [-0.3, -0.25) is 9.78 Å². The Kier molecular flexibility index (Phi) is 5.53. The standard InChI is InChI=1S/C17H13F3N2O2/c1-24-17(23)6-13(11-4-12(18)9-22-8-11)14(7-21)10-2-3-15(19)16(20)5-10/h2-5,8-9,13-14H,6H2,1H3. The molecule has 1 aromatic carbocycles. The van der Waals surface area contributed by atoms with Gasteiger partial charge >= 0.3 is 5.97 Å². The summed E-state index contributed by atoms with van der Waals surface area (Å²) in [4.78, 5) is 15.4. The van der Waals surface area contributed by atoms with Crippen molar-refractivity contribution in [1.82, 2.24) is 4.98 Å². The highest BCUT2D eigenvalue weighted by Crippen LogP contribution is 2.36. The van der Waals surface area contributed by atoms with E-state index >= 15 is 0 Å². The Morgan fingerprint density at radius 1 is 1.21 bits per heavy atom. The van der Waals surface area contributed by atoms with E-state index in [0.717, 1.165) is 24.4 Å². The summed E-state index contributed by atoms with van der Waals surface area (Å²) in [6, 6.07) is 6.15. The van der Waals surface area contributed by atoms with Gasteiger partial charge in [-0.1, -0.05) is 6.07 Å². The first kappa shape index (κ1) is 17.5. The van der Waals surface area contributed by atoms with Crippen LogP contribution in [-0.2, 0) is 9.53 Å². The molecule has 0 aliphatic rings. The molecule has 0 N–H and O–H groups in total. The number of halogens is 3. The second-order valence-electron chi connectivity index (χ2n) is 5.10. The van der Waals surface area contributed by atoms with E-state index in [-0.39, 0.29) is 17.5 Å². The molecule has 0 radical (unpaired) electrons. The summed E-state index contributed by atoms with van der Waals surface area (Å²) in [5.74, 6) is -5.25. The number of nitriles is 1. The van der Waals surface area contributed by atoms with E-state index in [0.29, 0.717) is 0 Å². The minimum absolute atomic E-state index is 0.176. The van der Waals surface area contributed by atoms with E-state index in [1.807, 2.05) is 6.07 Å². The average molecular weight is 334 g/mol. The molecule has 0 bridgehead atoms. The maximum absolute atomic E-state index is 13.5. The Labute approximate surface area is 136 Å². The Balaban J connectivity index is 2.48. The predicted molar refractivity (Wildman–Crippen MR) is 78.3 cm³/mol. The summed E-state index contributed by atoms with van der Waals surface area (Å²) in [5.41, 5.74) is 0.464. The van der Waals surface area contributed by atoms with Crippen LogP contribution in [0.25, 0.3) is 0 Å². The molecule has 1 aromatic heterocycles. The normalized spacial score (nSPS) is 13.0. The minimum Gasteiger partial charge on any atom is -0.469 e. The Morgan fingerprint density at radius 2 is 1.96 bits per heavy atom. The van der Waals surface area contributed by atoms with Crippen LogP contribution in [0.1, 0.15) is 29.4 Å². The largest absolute Gasteiger partial charge is 0.469 e. The number of ether oxygens (including phenoxy) is 1. The van der Waals surface area contributed by atoms with Gasteiger partial charge in [-0.2, -0.15) is 5.26 Å². The number of carbonyl (C=O) groups is 1. The number of benzene rings is 1. The molecule has 0 saturated heterocycles. The third-order valence-corrected chi connectivity index (χ3v) is 3.61. The molecule has 0 spiro atoms. The molecule has 0 fully saturated rings. The van der Waals surface area contributed by atoms with Gasteiger partial charge in [0.15, 0.2) is 11.6 Å². The quantitative estimate of drug-likeness (QED) is 0.786. The summed E-state index contributed by atoms with van der Waals surface area (Å²) in [6.07, 6.45) is 2.07. The van der Waals surface area contributed by atoms with Crippen LogP contribution < -0.4 is 0 Å². The van der Waals surface area contributed by atoms with Crippen molar-refractivity contribution in [2.75, 3.05) is 7.11 Å². The van der Waals surface area contributed by atoms with Gasteiger partial charge in [-0.25, -0.2) is 13.2 Å². The highest BCUT2D eigenvalue weighted by Gasteiger charge is 2.29. The van der Waals surface area contributed by atoms with Crippen LogP contribution in [0.15, 0.2) is 36.7 Å². The van der Waals surface area contributed by atoms with E-state index in [2.05, 4.69) is 9.72 Å². The van der Waals surface area contributed by atoms with Crippen molar-refractivity contribution in [3.05, 3.63) is 65.2 Å². The molecular formula is C17H13F3N2O2. The van der Waals surface area contributed by atoms with Gasteiger partial charge in [0.2, 0.25) is 0 Å². The van der Waals surface area contributed by atoms with E-state index in [9.17, 15) is 23.2 Å². The molecule has 2 aromatic rings. The SMILES string of the molecule is COC(=O)CC(c1cncc(F)c1)C(C#N)c1ccc(F)c(F)c1. The molecule has 7 heteroatoms. The average Bonchev–Trinajstić information content (AvgIpc) is 2.57. The molecule has 2 unspecified atom stereocenters. The highest BCUT2D eigenvalue weighted by atomic mass is 19.2. The number of carbonyl (C=O) groups excluding carboxylic acids is 1. The molecule has 2 rings (SSSR count). The van der Waals surface area contributed by atoms with Crippen LogP contribution in [0.2, 0.25) is 0 Å². The Hall–Kier alpha value is -2.88. The van der Waals surface area contributed by atoms with Crippen LogP contribution >= 0.6 is 0 Å². The Bertz CT molecular complexity index is 790. The van der Waals surface area contributed by atoms with Gasteiger partial charge in [0.05, 0.1) is 31.7 Å². The zero-order valence-electron chi connectivity index (χ0n) is 12.7. The molecule has 0 saturated carbocycles. The molecule has 1 heterocycles. The first-order chi connectivity index (χ1) is 11.5. The molecular weight excluding hydrogens is 321 g/mol. The van der Waals surface area contributed by atoms with Crippen molar-refractivity contribution >= 4 is 5.97 Å². The monoisotopic (exact) mass is 334 g/mol. The highest BCUT2D eigenvalue weighted by molar-refractivity contribution is 5.70. The second kappa shape index (κ2) is 7.59. The van der Waals surface area contributed by atoms with Crippen molar-refractivity contribution < 1.29 is 22.7 Å². The number of aromatic nitrogens is 1. The number of nitrogens with zero attached hydrogens (tertiary/aromatic N) is 2. The smallest absolute Gasteiger partial charge is 0.306 e. The number of rotatable bonds is 5. The van der Waals surface area contributed by atoms with E-state index in [1.54, 1.807) is 0 Å². The summed E-state index contributed by atoms with van der Waals surface area (Å²) in [7, 11) is 1.18. The van der Waals surface area contributed by atoms with Crippen molar-refractivity contribution in [2.24, 2.45) is 0 Å². The molecule has 24 heavy (non-hydrogen) atoms. The molecule has 0 aliphatic heterocycles. The van der Waals surface area contributed by atoms with Gasteiger partial charge in [0, 0.05) is 12.1 Å².